The van der Waals surface area contributed by atoms with E-state index in [1.165, 1.54) is 10.7 Å². The fraction of sp³-hybridized carbons (Fsp3) is 0.207. The third-order valence-corrected chi connectivity index (χ3v) is 7.19. The van der Waals surface area contributed by atoms with Crippen molar-refractivity contribution >= 4 is 44.0 Å². The molecule has 36 heavy (non-hydrogen) atoms. The van der Waals surface area contributed by atoms with Crippen molar-refractivity contribution in [1.29, 1.82) is 0 Å². The lowest BCUT2D eigenvalue weighted by molar-refractivity contribution is 0.613. The molecule has 5 nitrogen and oxygen atoms in total. The van der Waals surface area contributed by atoms with Gasteiger partial charge in [0.1, 0.15) is 11.6 Å². The number of aromatic nitrogens is 3. The molecule has 2 aromatic heterocycles. The van der Waals surface area contributed by atoms with E-state index >= 15 is 0 Å². The normalized spacial score (nSPS) is 12.7. The summed E-state index contributed by atoms with van der Waals surface area (Å²) in [6.45, 7) is 6.67. The van der Waals surface area contributed by atoms with Crippen LogP contribution in [0.2, 0.25) is 0 Å². The Labute approximate surface area is 217 Å². The highest BCUT2D eigenvalue weighted by Gasteiger charge is 2.17. The smallest absolute Gasteiger partial charge is 0.282 e. The van der Waals surface area contributed by atoms with Gasteiger partial charge in [-0.3, -0.25) is 4.79 Å². The highest BCUT2D eigenvalue weighted by Crippen LogP contribution is 2.26. The molecule has 0 saturated carbocycles. The topological polar surface area (TPSA) is 52.2 Å². The molecule has 0 aliphatic heterocycles. The minimum atomic E-state index is -0.254. The molecule has 0 amide bonds. The molecular formula is C29H26BrFN4O. The van der Waals surface area contributed by atoms with E-state index in [4.69, 9.17) is 10.1 Å². The lowest BCUT2D eigenvalue weighted by atomic mass is 10.1. The molecule has 182 valence electrons. The third-order valence-electron chi connectivity index (χ3n) is 6.70. The largest absolute Gasteiger partial charge is 0.340 e. The summed E-state index contributed by atoms with van der Waals surface area (Å²) in [7, 11) is 0. The summed E-state index contributed by atoms with van der Waals surface area (Å²) in [5.41, 5.74) is 4.26. The van der Waals surface area contributed by atoms with Crippen LogP contribution in [0.4, 0.5) is 4.39 Å². The van der Waals surface area contributed by atoms with Crippen LogP contribution in [-0.2, 0) is 6.54 Å². The first-order chi connectivity index (χ1) is 17.4. The Kier molecular flexibility index (Phi) is 6.58. The molecule has 0 spiro atoms. The van der Waals surface area contributed by atoms with E-state index in [-0.39, 0.29) is 17.3 Å². The van der Waals surface area contributed by atoms with E-state index in [9.17, 15) is 9.18 Å². The van der Waals surface area contributed by atoms with Crippen LogP contribution in [0.1, 0.15) is 48.8 Å². The number of nitrogens with zero attached hydrogens (tertiary/aromatic N) is 4. The Morgan fingerprint density at radius 3 is 2.67 bits per heavy atom. The monoisotopic (exact) mass is 544 g/mol. The van der Waals surface area contributed by atoms with Crippen molar-refractivity contribution < 1.29 is 4.39 Å². The molecule has 5 aromatic rings. The first-order valence-electron chi connectivity index (χ1n) is 12.0. The lowest BCUT2D eigenvalue weighted by Crippen LogP contribution is -2.23. The average molecular weight is 545 g/mol. The first kappa shape index (κ1) is 24.1. The standard InChI is InChI=1S/C29H26BrFN4O/c1-4-18(2)28-33-26-13-12-21(30)15-24(26)29(36)35(28)32-16-25-19(3)34(27-11-6-5-10-23(25)27)17-20-8-7-9-22(31)14-20/h5-16,18H,4,17H2,1-3H3/t18-/m0/s1. The molecule has 0 fully saturated rings. The van der Waals surface area contributed by atoms with Gasteiger partial charge in [0.2, 0.25) is 0 Å². The molecule has 0 aliphatic carbocycles. The van der Waals surface area contributed by atoms with Crippen molar-refractivity contribution in [2.45, 2.75) is 39.7 Å². The van der Waals surface area contributed by atoms with Gasteiger partial charge in [-0.25, -0.2) is 9.37 Å². The van der Waals surface area contributed by atoms with Gasteiger partial charge in [-0.15, -0.1) is 0 Å². The van der Waals surface area contributed by atoms with Gasteiger partial charge in [0.05, 0.1) is 17.1 Å². The summed E-state index contributed by atoms with van der Waals surface area (Å²) in [6.07, 6.45) is 2.58. The summed E-state index contributed by atoms with van der Waals surface area (Å²) < 4.78 is 18.2. The van der Waals surface area contributed by atoms with E-state index in [0.717, 1.165) is 38.6 Å². The molecule has 0 unspecified atom stereocenters. The van der Waals surface area contributed by atoms with Crippen molar-refractivity contribution in [3.8, 4) is 0 Å². The zero-order valence-electron chi connectivity index (χ0n) is 20.4. The minimum absolute atomic E-state index is 0.0540. The van der Waals surface area contributed by atoms with Gasteiger partial charge in [0.25, 0.3) is 5.56 Å². The maximum absolute atomic E-state index is 13.8. The molecule has 7 heteroatoms. The molecule has 0 saturated heterocycles. The zero-order chi connectivity index (χ0) is 25.4. The molecule has 0 aliphatic rings. The lowest BCUT2D eigenvalue weighted by Gasteiger charge is -2.14. The van der Waals surface area contributed by atoms with Gasteiger partial charge in [0, 0.05) is 39.1 Å². The van der Waals surface area contributed by atoms with Crippen molar-refractivity contribution in [3.63, 3.8) is 0 Å². The Balaban J connectivity index is 1.67. The maximum atomic E-state index is 13.8. The number of hydrogen-bond donors (Lipinski definition) is 0. The van der Waals surface area contributed by atoms with Gasteiger partial charge in [-0.2, -0.15) is 9.78 Å². The van der Waals surface area contributed by atoms with Crippen LogP contribution in [0.15, 0.2) is 81.1 Å². The maximum Gasteiger partial charge on any atom is 0.282 e. The van der Waals surface area contributed by atoms with Crippen molar-refractivity contribution in [2.24, 2.45) is 5.10 Å². The second-order valence-electron chi connectivity index (χ2n) is 9.03. The van der Waals surface area contributed by atoms with E-state index in [0.29, 0.717) is 23.3 Å². The number of hydrogen-bond acceptors (Lipinski definition) is 3. The highest BCUT2D eigenvalue weighted by atomic mass is 79.9. The van der Waals surface area contributed by atoms with Crippen LogP contribution in [0.3, 0.4) is 0 Å². The van der Waals surface area contributed by atoms with Gasteiger partial charge in [-0.05, 0) is 55.3 Å². The van der Waals surface area contributed by atoms with Gasteiger partial charge < -0.3 is 4.57 Å². The summed E-state index contributed by atoms with van der Waals surface area (Å²) in [4.78, 5) is 18.3. The summed E-state index contributed by atoms with van der Waals surface area (Å²) in [6, 6.07) is 20.2. The molecule has 3 aromatic carbocycles. The fourth-order valence-electron chi connectivity index (χ4n) is 4.54. The third kappa shape index (κ3) is 4.39. The molecule has 5 rings (SSSR count). The molecule has 0 N–H and O–H groups in total. The summed E-state index contributed by atoms with van der Waals surface area (Å²) in [5.74, 6) is 0.434. The molecule has 1 atom stereocenters. The second kappa shape index (κ2) is 9.82. The highest BCUT2D eigenvalue weighted by molar-refractivity contribution is 9.10. The quantitative estimate of drug-likeness (QED) is 0.216. The van der Waals surface area contributed by atoms with Crippen LogP contribution < -0.4 is 5.56 Å². The average Bonchev–Trinajstić information content (AvgIpc) is 3.14. The van der Waals surface area contributed by atoms with Gasteiger partial charge >= 0.3 is 0 Å². The predicted molar refractivity (Wildman–Crippen MR) is 148 cm³/mol. The number of rotatable bonds is 6. The van der Waals surface area contributed by atoms with Gasteiger partial charge in [0.15, 0.2) is 0 Å². The van der Waals surface area contributed by atoms with Crippen LogP contribution >= 0.6 is 15.9 Å². The van der Waals surface area contributed by atoms with E-state index in [2.05, 4.69) is 34.3 Å². The fourth-order valence-corrected chi connectivity index (χ4v) is 4.90. The second-order valence-corrected chi connectivity index (χ2v) is 9.95. The van der Waals surface area contributed by atoms with Crippen molar-refractivity contribution in [1.82, 2.24) is 14.2 Å². The van der Waals surface area contributed by atoms with Crippen LogP contribution in [0.5, 0.6) is 0 Å². The van der Waals surface area contributed by atoms with Crippen molar-refractivity contribution in [2.75, 3.05) is 0 Å². The number of benzene rings is 3. The van der Waals surface area contributed by atoms with Crippen molar-refractivity contribution in [3.05, 3.63) is 110 Å². The molecule has 0 bridgehead atoms. The van der Waals surface area contributed by atoms with E-state index in [1.54, 1.807) is 24.4 Å². The summed E-state index contributed by atoms with van der Waals surface area (Å²) in [5, 5.41) is 6.23. The van der Waals surface area contributed by atoms with Crippen LogP contribution in [-0.4, -0.2) is 20.4 Å². The van der Waals surface area contributed by atoms with E-state index < -0.39 is 0 Å². The minimum Gasteiger partial charge on any atom is -0.340 e. The molecular weight excluding hydrogens is 519 g/mol. The Morgan fingerprint density at radius 2 is 1.89 bits per heavy atom. The van der Waals surface area contributed by atoms with Gasteiger partial charge in [-0.1, -0.05) is 60.1 Å². The number of para-hydroxylation sites is 1. The van der Waals surface area contributed by atoms with Crippen LogP contribution in [0.25, 0.3) is 21.8 Å². The first-order valence-corrected chi connectivity index (χ1v) is 12.8. The van der Waals surface area contributed by atoms with Crippen LogP contribution in [0, 0.1) is 12.7 Å². The molecule has 0 radical (unpaired) electrons. The number of halogens is 2. The molecule has 2 heterocycles. The predicted octanol–water partition coefficient (Wildman–Crippen LogP) is 7.01. The van der Waals surface area contributed by atoms with E-state index in [1.807, 2.05) is 49.4 Å². The Morgan fingerprint density at radius 1 is 1.08 bits per heavy atom. The Hall–Kier alpha value is -3.58. The summed E-state index contributed by atoms with van der Waals surface area (Å²) >= 11 is 3.46. The zero-order valence-corrected chi connectivity index (χ0v) is 22.0. The Bertz CT molecular complexity index is 1680. The SMILES string of the molecule is CC[C@H](C)c1nc2ccc(Br)cc2c(=O)n1N=Cc1c(C)n(Cc2cccc(F)c2)c2ccccc12. The number of fused-ring (bicyclic) bond motifs is 2.